The normalized spacial score (nSPS) is 17.4. The monoisotopic (exact) mass is 263 g/mol. The molecular formula is C16H25NO2. The number of nitrogens with zero attached hydrogens (tertiary/aromatic N) is 1. The molecule has 1 saturated carbocycles. The van der Waals surface area contributed by atoms with Gasteiger partial charge in [-0.15, -0.1) is 0 Å². The van der Waals surface area contributed by atoms with Crippen LogP contribution >= 0.6 is 0 Å². The molecule has 0 aromatic carbocycles. The van der Waals surface area contributed by atoms with Crippen LogP contribution in [-0.4, -0.2) is 9.67 Å². The Morgan fingerprint density at radius 2 is 1.84 bits per heavy atom. The van der Waals surface area contributed by atoms with Crippen LogP contribution in [0.2, 0.25) is 0 Å². The fourth-order valence-corrected chi connectivity index (χ4v) is 3.04. The van der Waals surface area contributed by atoms with Crippen molar-refractivity contribution >= 4 is 0 Å². The largest absolute Gasteiger partial charge is 0.386 e. The SMILES string of the molecule is CC(C)c1ccc(C(C)(C)O)c(=O)n1C1CCCC1. The van der Waals surface area contributed by atoms with Crippen LogP contribution in [0.15, 0.2) is 16.9 Å². The Morgan fingerprint density at radius 3 is 2.32 bits per heavy atom. The molecule has 0 bridgehead atoms. The van der Waals surface area contributed by atoms with Crippen LogP contribution in [0.4, 0.5) is 0 Å². The fraction of sp³-hybridized carbons (Fsp3) is 0.688. The second-order valence-corrected chi connectivity index (χ2v) is 6.50. The van der Waals surface area contributed by atoms with E-state index in [2.05, 4.69) is 13.8 Å². The number of aliphatic hydroxyl groups is 1. The molecule has 1 heterocycles. The summed E-state index contributed by atoms with van der Waals surface area (Å²) in [6.07, 6.45) is 4.55. The van der Waals surface area contributed by atoms with Gasteiger partial charge in [0.25, 0.3) is 5.56 Å². The van der Waals surface area contributed by atoms with Gasteiger partial charge in [-0.05, 0) is 44.7 Å². The summed E-state index contributed by atoms with van der Waals surface area (Å²) in [7, 11) is 0. The molecule has 106 valence electrons. The Balaban J connectivity index is 2.61. The highest BCUT2D eigenvalue weighted by Crippen LogP contribution is 2.31. The number of hydrogen-bond donors (Lipinski definition) is 1. The van der Waals surface area contributed by atoms with E-state index < -0.39 is 5.60 Å². The van der Waals surface area contributed by atoms with Crippen molar-refractivity contribution in [2.24, 2.45) is 0 Å². The van der Waals surface area contributed by atoms with Crippen molar-refractivity contribution in [2.75, 3.05) is 0 Å². The smallest absolute Gasteiger partial charge is 0.257 e. The molecule has 0 radical (unpaired) electrons. The van der Waals surface area contributed by atoms with Crippen molar-refractivity contribution in [3.8, 4) is 0 Å². The highest BCUT2D eigenvalue weighted by atomic mass is 16.3. The van der Waals surface area contributed by atoms with Crippen molar-refractivity contribution < 1.29 is 5.11 Å². The van der Waals surface area contributed by atoms with Gasteiger partial charge in [0.05, 0.1) is 5.60 Å². The molecule has 0 atom stereocenters. The predicted octanol–water partition coefficient (Wildman–Crippen LogP) is 3.31. The van der Waals surface area contributed by atoms with E-state index in [0.29, 0.717) is 17.5 Å². The van der Waals surface area contributed by atoms with Gasteiger partial charge in [0.1, 0.15) is 0 Å². The summed E-state index contributed by atoms with van der Waals surface area (Å²) in [4.78, 5) is 12.7. The van der Waals surface area contributed by atoms with Gasteiger partial charge in [-0.2, -0.15) is 0 Å². The standard InChI is InChI=1S/C16H25NO2/c1-11(2)14-10-9-13(16(3,4)19)15(18)17(14)12-7-5-6-8-12/h9-12,19H,5-8H2,1-4H3. The van der Waals surface area contributed by atoms with Gasteiger partial charge >= 0.3 is 0 Å². The highest BCUT2D eigenvalue weighted by molar-refractivity contribution is 5.23. The second kappa shape index (κ2) is 5.12. The third-order valence-corrected chi connectivity index (χ3v) is 4.09. The van der Waals surface area contributed by atoms with E-state index in [0.717, 1.165) is 18.5 Å². The van der Waals surface area contributed by atoms with E-state index >= 15 is 0 Å². The zero-order chi connectivity index (χ0) is 14.2. The van der Waals surface area contributed by atoms with Crippen LogP contribution in [0.5, 0.6) is 0 Å². The van der Waals surface area contributed by atoms with Gasteiger partial charge in [0, 0.05) is 17.3 Å². The first kappa shape index (κ1) is 14.3. The Kier molecular flexibility index (Phi) is 3.86. The third-order valence-electron chi connectivity index (χ3n) is 4.09. The minimum atomic E-state index is -1.08. The Bertz CT molecular complexity index is 502. The molecule has 3 nitrogen and oxygen atoms in total. The zero-order valence-corrected chi connectivity index (χ0v) is 12.4. The zero-order valence-electron chi connectivity index (χ0n) is 12.4. The minimum absolute atomic E-state index is 0.00870. The molecular weight excluding hydrogens is 238 g/mol. The molecule has 0 unspecified atom stereocenters. The molecule has 0 saturated heterocycles. The predicted molar refractivity (Wildman–Crippen MR) is 77.5 cm³/mol. The van der Waals surface area contributed by atoms with Crippen molar-refractivity contribution in [1.82, 2.24) is 4.57 Å². The van der Waals surface area contributed by atoms with Crippen LogP contribution in [0.3, 0.4) is 0 Å². The molecule has 1 aromatic heterocycles. The Hall–Kier alpha value is -1.09. The lowest BCUT2D eigenvalue weighted by Gasteiger charge is -2.25. The first-order chi connectivity index (χ1) is 8.82. The van der Waals surface area contributed by atoms with Gasteiger partial charge < -0.3 is 9.67 Å². The number of aromatic nitrogens is 1. The van der Waals surface area contributed by atoms with Gasteiger partial charge in [-0.1, -0.05) is 26.7 Å². The fourth-order valence-electron chi connectivity index (χ4n) is 3.04. The molecule has 1 fully saturated rings. The quantitative estimate of drug-likeness (QED) is 0.909. The molecule has 0 spiro atoms. The first-order valence-corrected chi connectivity index (χ1v) is 7.30. The average molecular weight is 263 g/mol. The van der Waals surface area contributed by atoms with Crippen LogP contribution < -0.4 is 5.56 Å². The number of hydrogen-bond acceptors (Lipinski definition) is 2. The molecule has 1 aliphatic rings. The molecule has 0 aliphatic heterocycles. The van der Waals surface area contributed by atoms with E-state index in [-0.39, 0.29) is 5.56 Å². The molecule has 1 aromatic rings. The second-order valence-electron chi connectivity index (χ2n) is 6.50. The van der Waals surface area contributed by atoms with E-state index in [1.807, 2.05) is 10.6 Å². The third kappa shape index (κ3) is 2.76. The van der Waals surface area contributed by atoms with Gasteiger partial charge in [0.2, 0.25) is 0 Å². The van der Waals surface area contributed by atoms with E-state index in [1.165, 1.54) is 12.8 Å². The van der Waals surface area contributed by atoms with Crippen LogP contribution in [0.1, 0.15) is 76.6 Å². The molecule has 19 heavy (non-hydrogen) atoms. The summed E-state index contributed by atoms with van der Waals surface area (Å²) in [5, 5.41) is 10.2. The topological polar surface area (TPSA) is 42.2 Å². The minimum Gasteiger partial charge on any atom is -0.386 e. The van der Waals surface area contributed by atoms with Crippen molar-refractivity contribution in [2.45, 2.75) is 70.9 Å². The summed E-state index contributed by atoms with van der Waals surface area (Å²) in [6.45, 7) is 7.59. The molecule has 1 aliphatic carbocycles. The van der Waals surface area contributed by atoms with E-state index in [9.17, 15) is 9.90 Å². The lowest BCUT2D eigenvalue weighted by Crippen LogP contribution is -2.35. The first-order valence-electron chi connectivity index (χ1n) is 7.30. The summed E-state index contributed by atoms with van der Waals surface area (Å²) in [6, 6.07) is 4.12. The number of pyridine rings is 1. The summed E-state index contributed by atoms with van der Waals surface area (Å²) in [5.74, 6) is 0.323. The molecule has 1 N–H and O–H groups in total. The Morgan fingerprint density at radius 1 is 1.26 bits per heavy atom. The van der Waals surface area contributed by atoms with Gasteiger partial charge in [0.15, 0.2) is 0 Å². The highest BCUT2D eigenvalue weighted by Gasteiger charge is 2.27. The number of rotatable bonds is 3. The van der Waals surface area contributed by atoms with Crippen LogP contribution in [-0.2, 0) is 5.60 Å². The molecule has 3 heteroatoms. The average Bonchev–Trinajstić information content (AvgIpc) is 2.79. The maximum Gasteiger partial charge on any atom is 0.257 e. The van der Waals surface area contributed by atoms with Crippen LogP contribution in [0.25, 0.3) is 0 Å². The van der Waals surface area contributed by atoms with E-state index in [1.54, 1.807) is 19.9 Å². The van der Waals surface area contributed by atoms with Gasteiger partial charge in [-0.25, -0.2) is 0 Å². The Labute approximate surface area is 115 Å². The van der Waals surface area contributed by atoms with E-state index in [4.69, 9.17) is 0 Å². The lowest BCUT2D eigenvalue weighted by molar-refractivity contribution is 0.0761. The van der Waals surface area contributed by atoms with Crippen LogP contribution in [0, 0.1) is 0 Å². The van der Waals surface area contributed by atoms with Crippen molar-refractivity contribution in [1.29, 1.82) is 0 Å². The lowest BCUT2D eigenvalue weighted by atomic mass is 9.97. The summed E-state index contributed by atoms with van der Waals surface area (Å²) < 4.78 is 1.95. The maximum absolute atomic E-state index is 12.7. The maximum atomic E-state index is 12.7. The summed E-state index contributed by atoms with van der Waals surface area (Å²) >= 11 is 0. The van der Waals surface area contributed by atoms with Crippen molar-refractivity contribution in [3.63, 3.8) is 0 Å². The van der Waals surface area contributed by atoms with Gasteiger partial charge in [-0.3, -0.25) is 4.79 Å². The molecule has 0 amide bonds. The van der Waals surface area contributed by atoms with Crippen molar-refractivity contribution in [3.05, 3.63) is 33.7 Å². The summed E-state index contributed by atoms with van der Waals surface area (Å²) in [5.41, 5.74) is 0.506. The molecule has 2 rings (SSSR count).